The number of rotatable bonds is 4. The maximum atomic E-state index is 12.2. The van der Waals surface area contributed by atoms with Crippen molar-refractivity contribution in [2.75, 3.05) is 11.1 Å². The van der Waals surface area contributed by atoms with Crippen molar-refractivity contribution in [2.24, 2.45) is 5.92 Å². The van der Waals surface area contributed by atoms with Gasteiger partial charge in [0, 0.05) is 10.3 Å². The molecule has 1 amide bonds. The van der Waals surface area contributed by atoms with Crippen molar-refractivity contribution >= 4 is 55.7 Å². The van der Waals surface area contributed by atoms with Gasteiger partial charge in [-0.25, -0.2) is 9.97 Å². The summed E-state index contributed by atoms with van der Waals surface area (Å²) in [4.78, 5) is 23.5. The van der Waals surface area contributed by atoms with Crippen LogP contribution in [0.4, 0.5) is 5.13 Å². The van der Waals surface area contributed by atoms with E-state index in [-0.39, 0.29) is 5.91 Å². The van der Waals surface area contributed by atoms with Crippen LogP contribution in [0.3, 0.4) is 0 Å². The monoisotopic (exact) mass is 391 g/mol. The summed E-state index contributed by atoms with van der Waals surface area (Å²) < 4.78 is 0. The van der Waals surface area contributed by atoms with Gasteiger partial charge in [-0.3, -0.25) is 10.1 Å². The van der Waals surface area contributed by atoms with Gasteiger partial charge in [-0.1, -0.05) is 30.0 Å². The van der Waals surface area contributed by atoms with E-state index in [0.29, 0.717) is 10.9 Å². The second-order valence-corrected chi connectivity index (χ2v) is 9.40. The lowest BCUT2D eigenvalue weighted by Crippen LogP contribution is -2.14. The van der Waals surface area contributed by atoms with Crippen LogP contribution in [-0.2, 0) is 17.6 Å². The molecule has 9 heteroatoms. The van der Waals surface area contributed by atoms with Gasteiger partial charge < -0.3 is 0 Å². The van der Waals surface area contributed by atoms with Gasteiger partial charge in [-0.05, 0) is 37.7 Å². The van der Waals surface area contributed by atoms with E-state index in [0.717, 1.165) is 39.0 Å². The number of fused-ring (bicyclic) bond motifs is 3. The fourth-order valence-electron chi connectivity index (χ4n) is 2.99. The number of aromatic nitrogens is 4. The number of amides is 1. The first-order valence-electron chi connectivity index (χ1n) is 8.08. The van der Waals surface area contributed by atoms with Crippen molar-refractivity contribution in [1.29, 1.82) is 0 Å². The third-order valence-corrected chi connectivity index (χ3v) is 7.08. The maximum absolute atomic E-state index is 12.2. The van der Waals surface area contributed by atoms with Crippen LogP contribution in [0.1, 0.15) is 28.8 Å². The minimum atomic E-state index is -0.0920. The van der Waals surface area contributed by atoms with E-state index < -0.39 is 0 Å². The molecule has 0 unspecified atom stereocenters. The second-order valence-electron chi connectivity index (χ2n) is 6.17. The zero-order chi connectivity index (χ0) is 17.4. The molecule has 1 aliphatic carbocycles. The molecule has 1 N–H and O–H groups in total. The van der Waals surface area contributed by atoms with Gasteiger partial charge in [0.05, 0.1) is 5.75 Å². The third kappa shape index (κ3) is 3.54. The average molecular weight is 392 g/mol. The van der Waals surface area contributed by atoms with Crippen molar-refractivity contribution in [1.82, 2.24) is 20.2 Å². The topological polar surface area (TPSA) is 80.7 Å². The van der Waals surface area contributed by atoms with E-state index in [1.54, 1.807) is 17.7 Å². The van der Waals surface area contributed by atoms with E-state index in [9.17, 15) is 4.79 Å². The molecule has 0 saturated heterocycles. The lowest BCUT2D eigenvalue weighted by molar-refractivity contribution is -0.113. The minimum absolute atomic E-state index is 0.0920. The van der Waals surface area contributed by atoms with E-state index in [1.165, 1.54) is 40.0 Å². The number of carbonyl (C=O) groups is 1. The van der Waals surface area contributed by atoms with Crippen molar-refractivity contribution in [3.8, 4) is 0 Å². The Bertz CT molecular complexity index is 935. The lowest BCUT2D eigenvalue weighted by Gasteiger charge is -2.18. The van der Waals surface area contributed by atoms with Crippen molar-refractivity contribution in [3.63, 3.8) is 0 Å². The smallest absolute Gasteiger partial charge is 0.236 e. The number of thiophene rings is 1. The van der Waals surface area contributed by atoms with Crippen LogP contribution in [0.15, 0.2) is 11.4 Å². The summed E-state index contributed by atoms with van der Waals surface area (Å²) >= 11 is 4.61. The molecule has 0 bridgehead atoms. The van der Waals surface area contributed by atoms with Gasteiger partial charge in [-0.2, -0.15) is 0 Å². The summed E-state index contributed by atoms with van der Waals surface area (Å²) in [6.07, 6.45) is 5.00. The number of anilines is 1. The Kier molecular flexibility index (Phi) is 4.70. The van der Waals surface area contributed by atoms with Gasteiger partial charge in [0.2, 0.25) is 11.0 Å². The Morgan fingerprint density at radius 3 is 3.04 bits per heavy atom. The number of carbonyl (C=O) groups excluding carboxylic acids is 1. The Labute approximate surface area is 157 Å². The first-order chi connectivity index (χ1) is 12.1. The Morgan fingerprint density at radius 1 is 1.36 bits per heavy atom. The molecule has 0 aromatic carbocycles. The number of hydrogen-bond acceptors (Lipinski definition) is 8. The van der Waals surface area contributed by atoms with E-state index in [1.807, 2.05) is 6.92 Å². The molecular formula is C16H17N5OS3. The van der Waals surface area contributed by atoms with Crippen molar-refractivity contribution < 1.29 is 4.79 Å². The minimum Gasteiger partial charge on any atom is -0.300 e. The maximum Gasteiger partial charge on any atom is 0.236 e. The Morgan fingerprint density at radius 2 is 2.24 bits per heavy atom. The fraction of sp³-hybridized carbons (Fsp3) is 0.438. The first kappa shape index (κ1) is 16.9. The largest absolute Gasteiger partial charge is 0.300 e. The molecule has 3 heterocycles. The summed E-state index contributed by atoms with van der Waals surface area (Å²) in [5, 5.41) is 14.0. The molecule has 3 aromatic heterocycles. The number of aryl methyl sites for hydroxylation is 2. The Balaban J connectivity index is 1.52. The molecule has 0 radical (unpaired) electrons. The van der Waals surface area contributed by atoms with Crippen LogP contribution in [0.2, 0.25) is 0 Å². The average Bonchev–Trinajstić information content (AvgIpc) is 3.15. The molecule has 0 aliphatic heterocycles. The summed E-state index contributed by atoms with van der Waals surface area (Å²) in [5.74, 6) is 0.933. The van der Waals surface area contributed by atoms with Gasteiger partial charge in [0.25, 0.3) is 0 Å². The highest BCUT2D eigenvalue weighted by Crippen LogP contribution is 2.40. The van der Waals surface area contributed by atoms with Crippen LogP contribution < -0.4 is 5.32 Å². The summed E-state index contributed by atoms with van der Waals surface area (Å²) in [7, 11) is 0. The molecule has 25 heavy (non-hydrogen) atoms. The fourth-order valence-corrected chi connectivity index (χ4v) is 5.84. The molecule has 0 spiro atoms. The summed E-state index contributed by atoms with van der Waals surface area (Å²) in [6, 6.07) is 0. The summed E-state index contributed by atoms with van der Waals surface area (Å²) in [5.41, 5.74) is 1.39. The lowest BCUT2D eigenvalue weighted by atomic mass is 9.89. The molecule has 0 saturated carbocycles. The third-order valence-electron chi connectivity index (χ3n) is 4.17. The molecule has 1 aliphatic rings. The number of nitrogens with zero attached hydrogens (tertiary/aromatic N) is 4. The zero-order valence-corrected chi connectivity index (χ0v) is 16.4. The highest BCUT2D eigenvalue weighted by molar-refractivity contribution is 8.00. The number of nitrogens with one attached hydrogen (secondary N) is 1. The van der Waals surface area contributed by atoms with Crippen LogP contribution >= 0.6 is 34.4 Å². The first-order valence-corrected chi connectivity index (χ1v) is 10.7. The molecular weight excluding hydrogens is 374 g/mol. The van der Waals surface area contributed by atoms with Crippen LogP contribution in [0.25, 0.3) is 10.2 Å². The molecule has 6 nitrogen and oxygen atoms in total. The van der Waals surface area contributed by atoms with Gasteiger partial charge in [0.1, 0.15) is 21.2 Å². The van der Waals surface area contributed by atoms with Crippen molar-refractivity contribution in [3.05, 3.63) is 21.8 Å². The molecule has 4 rings (SSSR count). The zero-order valence-electron chi connectivity index (χ0n) is 13.9. The standard InChI is InChI=1S/C16H17N5OS3/c1-8-3-4-10-11(5-8)25-15-13(10)14(17-7-18-15)23-6-12(22)19-16-21-20-9(2)24-16/h7-8H,3-6H2,1-2H3,(H,19,21,22)/t8-/m1/s1. The number of thioether (sulfide) groups is 1. The van der Waals surface area contributed by atoms with Crippen LogP contribution in [0.5, 0.6) is 0 Å². The van der Waals surface area contributed by atoms with E-state index >= 15 is 0 Å². The SMILES string of the molecule is Cc1nnc(NC(=O)CSc2ncnc3sc4c(c23)CC[C@@H](C)C4)s1. The molecule has 3 aromatic rings. The normalized spacial score (nSPS) is 16.8. The molecule has 130 valence electrons. The quantitative estimate of drug-likeness (QED) is 0.539. The highest BCUT2D eigenvalue weighted by atomic mass is 32.2. The molecule has 1 atom stereocenters. The predicted molar refractivity (Wildman–Crippen MR) is 103 cm³/mol. The highest BCUT2D eigenvalue weighted by Gasteiger charge is 2.23. The predicted octanol–water partition coefficient (Wildman–Crippen LogP) is 3.71. The number of hydrogen-bond donors (Lipinski definition) is 1. The van der Waals surface area contributed by atoms with E-state index in [2.05, 4.69) is 32.4 Å². The van der Waals surface area contributed by atoms with Gasteiger partial charge in [-0.15, -0.1) is 21.5 Å². The van der Waals surface area contributed by atoms with Gasteiger partial charge >= 0.3 is 0 Å². The molecule has 0 fully saturated rings. The summed E-state index contributed by atoms with van der Waals surface area (Å²) in [6.45, 7) is 4.16. The van der Waals surface area contributed by atoms with Crippen LogP contribution in [-0.4, -0.2) is 31.8 Å². The van der Waals surface area contributed by atoms with Crippen molar-refractivity contribution in [2.45, 2.75) is 38.1 Å². The van der Waals surface area contributed by atoms with E-state index in [4.69, 9.17) is 0 Å². The second kappa shape index (κ2) is 6.97. The Hall–Kier alpha value is -1.58. The van der Waals surface area contributed by atoms with Crippen LogP contribution in [0, 0.1) is 12.8 Å². The van der Waals surface area contributed by atoms with Gasteiger partial charge in [0.15, 0.2) is 0 Å².